The van der Waals surface area contributed by atoms with Gasteiger partial charge in [0, 0.05) is 13.7 Å². The van der Waals surface area contributed by atoms with Crippen molar-refractivity contribution in [2.45, 2.75) is 23.9 Å². The van der Waals surface area contributed by atoms with E-state index < -0.39 is 0 Å². The van der Waals surface area contributed by atoms with Crippen LogP contribution in [0.3, 0.4) is 0 Å². The van der Waals surface area contributed by atoms with Gasteiger partial charge in [0.1, 0.15) is 6.33 Å². The monoisotopic (exact) mass is 374 g/mol. The van der Waals surface area contributed by atoms with E-state index in [9.17, 15) is 4.79 Å². The molecule has 2 rings (SSSR count). The summed E-state index contributed by atoms with van der Waals surface area (Å²) in [4.78, 5) is 12.3. The number of methoxy groups -OCH3 is 1. The number of aromatic nitrogens is 3. The molecule has 0 fully saturated rings. The highest BCUT2D eigenvalue weighted by atomic mass is 35.5. The minimum atomic E-state index is -0.379. The number of nitrogens with zero attached hydrogens (tertiary/aromatic N) is 3. The van der Waals surface area contributed by atoms with Crippen molar-refractivity contribution in [1.82, 2.24) is 14.8 Å². The zero-order valence-corrected chi connectivity index (χ0v) is 15.0. The normalized spacial score (nSPS) is 12.2. The van der Waals surface area contributed by atoms with Crippen LogP contribution >= 0.6 is 35.0 Å². The molecule has 0 aliphatic heterocycles. The fraction of sp³-hybridized carbons (Fsp3) is 0.357. The van der Waals surface area contributed by atoms with Crippen molar-refractivity contribution < 1.29 is 9.53 Å². The smallest absolute Gasteiger partial charge is 0.237 e. The molecule has 1 amide bonds. The van der Waals surface area contributed by atoms with Gasteiger partial charge in [-0.05, 0) is 19.1 Å². The first kappa shape index (κ1) is 18.1. The van der Waals surface area contributed by atoms with Gasteiger partial charge in [-0.15, -0.1) is 10.2 Å². The number of ether oxygens (including phenoxy) is 1. The molecule has 0 aliphatic carbocycles. The van der Waals surface area contributed by atoms with Gasteiger partial charge in [-0.25, -0.2) is 0 Å². The Morgan fingerprint density at radius 3 is 3.00 bits per heavy atom. The van der Waals surface area contributed by atoms with Crippen LogP contribution in [-0.4, -0.2) is 39.6 Å². The van der Waals surface area contributed by atoms with E-state index in [1.54, 1.807) is 38.6 Å². The number of amides is 1. The molecule has 23 heavy (non-hydrogen) atoms. The zero-order valence-electron chi connectivity index (χ0n) is 12.6. The molecule has 124 valence electrons. The second-order valence-electron chi connectivity index (χ2n) is 4.65. The van der Waals surface area contributed by atoms with E-state index in [4.69, 9.17) is 27.9 Å². The van der Waals surface area contributed by atoms with E-state index in [0.717, 1.165) is 0 Å². The van der Waals surface area contributed by atoms with Gasteiger partial charge in [-0.2, -0.15) is 0 Å². The van der Waals surface area contributed by atoms with Gasteiger partial charge in [0.05, 0.1) is 27.6 Å². The Labute approximate surface area is 148 Å². The van der Waals surface area contributed by atoms with Gasteiger partial charge in [-0.3, -0.25) is 4.79 Å². The molecule has 6 nitrogen and oxygen atoms in total. The lowest BCUT2D eigenvalue weighted by Gasteiger charge is -2.13. The van der Waals surface area contributed by atoms with Crippen molar-refractivity contribution in [2.24, 2.45) is 0 Å². The summed E-state index contributed by atoms with van der Waals surface area (Å²) < 4.78 is 6.87. The SMILES string of the molecule is COCCn1cnnc1SC(C)C(=O)Nc1cccc(Cl)c1Cl. The lowest BCUT2D eigenvalue weighted by atomic mass is 10.3. The average molecular weight is 375 g/mol. The Morgan fingerprint density at radius 2 is 2.26 bits per heavy atom. The number of anilines is 1. The molecule has 0 radical (unpaired) electrons. The average Bonchev–Trinajstić information content (AvgIpc) is 2.96. The molecule has 1 N–H and O–H groups in total. The Kier molecular flexibility index (Phi) is 6.71. The molecule has 2 aromatic rings. The molecule has 1 heterocycles. The van der Waals surface area contributed by atoms with E-state index >= 15 is 0 Å². The maximum Gasteiger partial charge on any atom is 0.237 e. The summed E-state index contributed by atoms with van der Waals surface area (Å²) in [6, 6.07) is 5.09. The Morgan fingerprint density at radius 1 is 1.48 bits per heavy atom. The largest absolute Gasteiger partial charge is 0.383 e. The van der Waals surface area contributed by atoms with E-state index in [-0.39, 0.29) is 11.2 Å². The Bertz CT molecular complexity index is 681. The first-order valence-corrected chi connectivity index (χ1v) is 8.44. The predicted molar refractivity (Wildman–Crippen MR) is 92.3 cm³/mol. The molecule has 1 aromatic heterocycles. The summed E-state index contributed by atoms with van der Waals surface area (Å²) >= 11 is 13.3. The van der Waals surface area contributed by atoms with Crippen molar-refractivity contribution in [1.29, 1.82) is 0 Å². The van der Waals surface area contributed by atoms with E-state index in [1.807, 2.05) is 4.57 Å². The molecular weight excluding hydrogens is 359 g/mol. The molecule has 1 unspecified atom stereocenters. The van der Waals surface area contributed by atoms with Gasteiger partial charge >= 0.3 is 0 Å². The maximum absolute atomic E-state index is 12.3. The van der Waals surface area contributed by atoms with Crippen LogP contribution in [0.5, 0.6) is 0 Å². The van der Waals surface area contributed by atoms with Gasteiger partial charge in [0.25, 0.3) is 0 Å². The summed E-state index contributed by atoms with van der Waals surface area (Å²) in [5.74, 6) is -0.194. The number of halogens is 2. The molecular formula is C14H16Cl2N4O2S. The predicted octanol–water partition coefficient (Wildman–Crippen LogP) is 3.35. The first-order valence-electron chi connectivity index (χ1n) is 6.81. The van der Waals surface area contributed by atoms with Gasteiger partial charge in [0.15, 0.2) is 5.16 Å². The minimum Gasteiger partial charge on any atom is -0.383 e. The van der Waals surface area contributed by atoms with Crippen molar-refractivity contribution in [3.63, 3.8) is 0 Å². The molecule has 9 heteroatoms. The van der Waals surface area contributed by atoms with Gasteiger partial charge in [0.2, 0.25) is 5.91 Å². The Hall–Kier alpha value is -1.28. The van der Waals surface area contributed by atoms with E-state index in [1.165, 1.54) is 11.8 Å². The first-order chi connectivity index (χ1) is 11.0. The van der Waals surface area contributed by atoms with Crippen LogP contribution in [-0.2, 0) is 16.1 Å². The van der Waals surface area contributed by atoms with Crippen LogP contribution in [0.15, 0.2) is 29.7 Å². The molecule has 0 bridgehead atoms. The molecule has 0 spiro atoms. The Balaban J connectivity index is 2.00. The van der Waals surface area contributed by atoms with Crippen molar-refractivity contribution in [2.75, 3.05) is 19.0 Å². The summed E-state index contributed by atoms with van der Waals surface area (Å²) in [6.07, 6.45) is 1.61. The van der Waals surface area contributed by atoms with Gasteiger partial charge in [-0.1, -0.05) is 41.0 Å². The van der Waals surface area contributed by atoms with Crippen LogP contribution in [0.4, 0.5) is 5.69 Å². The standard InChI is InChI=1S/C14H16Cl2N4O2S/c1-9(23-14-19-17-8-20(14)6-7-22-2)13(21)18-11-5-3-4-10(15)12(11)16/h3-5,8-9H,6-7H2,1-2H3,(H,18,21). The van der Waals surface area contributed by atoms with Crippen LogP contribution in [0.2, 0.25) is 10.0 Å². The fourth-order valence-corrected chi connectivity index (χ4v) is 2.92. The van der Waals surface area contributed by atoms with Crippen LogP contribution < -0.4 is 5.32 Å². The van der Waals surface area contributed by atoms with E-state index in [0.29, 0.717) is 34.0 Å². The summed E-state index contributed by atoms with van der Waals surface area (Å²) in [6.45, 7) is 2.96. The highest BCUT2D eigenvalue weighted by Crippen LogP contribution is 2.30. The highest BCUT2D eigenvalue weighted by molar-refractivity contribution is 8.00. The van der Waals surface area contributed by atoms with Crippen LogP contribution in [0, 0.1) is 0 Å². The quantitative estimate of drug-likeness (QED) is 0.752. The van der Waals surface area contributed by atoms with Crippen molar-refractivity contribution >= 4 is 46.6 Å². The van der Waals surface area contributed by atoms with Crippen molar-refractivity contribution in [3.05, 3.63) is 34.6 Å². The maximum atomic E-state index is 12.3. The number of hydrogen-bond donors (Lipinski definition) is 1. The third kappa shape index (κ3) is 4.84. The van der Waals surface area contributed by atoms with Crippen molar-refractivity contribution in [3.8, 4) is 0 Å². The zero-order chi connectivity index (χ0) is 16.8. The number of carbonyl (C=O) groups is 1. The second kappa shape index (κ2) is 8.54. The number of thioether (sulfide) groups is 1. The minimum absolute atomic E-state index is 0.194. The molecule has 0 saturated heterocycles. The molecule has 0 aliphatic rings. The third-order valence-corrected chi connectivity index (χ3v) is 4.89. The lowest BCUT2D eigenvalue weighted by Crippen LogP contribution is -2.23. The second-order valence-corrected chi connectivity index (χ2v) is 6.74. The van der Waals surface area contributed by atoms with Gasteiger partial charge < -0.3 is 14.6 Å². The summed E-state index contributed by atoms with van der Waals surface area (Å²) in [5.41, 5.74) is 0.484. The molecule has 1 aromatic carbocycles. The molecule has 1 atom stereocenters. The summed E-state index contributed by atoms with van der Waals surface area (Å²) in [5, 5.41) is 11.6. The number of rotatable bonds is 7. The van der Waals surface area contributed by atoms with Crippen LogP contribution in [0.1, 0.15) is 6.92 Å². The number of nitrogens with one attached hydrogen (secondary N) is 1. The lowest BCUT2D eigenvalue weighted by molar-refractivity contribution is -0.115. The summed E-state index contributed by atoms with van der Waals surface area (Å²) in [7, 11) is 1.63. The third-order valence-electron chi connectivity index (χ3n) is 2.98. The number of hydrogen-bond acceptors (Lipinski definition) is 5. The van der Waals surface area contributed by atoms with Crippen LogP contribution in [0.25, 0.3) is 0 Å². The highest BCUT2D eigenvalue weighted by Gasteiger charge is 2.19. The molecule has 0 saturated carbocycles. The topological polar surface area (TPSA) is 69.0 Å². The number of carbonyl (C=O) groups excluding carboxylic acids is 1. The van der Waals surface area contributed by atoms with E-state index in [2.05, 4.69) is 15.5 Å². The number of benzene rings is 1. The fourth-order valence-electron chi connectivity index (χ4n) is 1.72.